The van der Waals surface area contributed by atoms with Crippen LogP contribution in [0.1, 0.15) is 25.8 Å². The molecule has 0 aliphatic heterocycles. The van der Waals surface area contributed by atoms with Gasteiger partial charge in [-0.1, -0.05) is 30.6 Å². The highest BCUT2D eigenvalue weighted by molar-refractivity contribution is 6.03. The maximum atomic E-state index is 13.7. The highest BCUT2D eigenvalue weighted by atomic mass is 19.1. The van der Waals surface area contributed by atoms with E-state index in [1.165, 1.54) is 25.3 Å². The predicted molar refractivity (Wildman–Crippen MR) is 111 cm³/mol. The first-order valence-electron chi connectivity index (χ1n) is 8.76. The zero-order valence-corrected chi connectivity index (χ0v) is 16.3. The van der Waals surface area contributed by atoms with Gasteiger partial charge in [0.15, 0.2) is 0 Å². The van der Waals surface area contributed by atoms with Gasteiger partial charge in [-0.3, -0.25) is 4.98 Å². The van der Waals surface area contributed by atoms with E-state index in [9.17, 15) is 9.18 Å². The molecule has 0 fully saturated rings. The molecule has 1 aliphatic rings. The van der Waals surface area contributed by atoms with E-state index in [4.69, 9.17) is 4.74 Å². The lowest BCUT2D eigenvalue weighted by molar-refractivity contribution is -0.135. The van der Waals surface area contributed by atoms with Gasteiger partial charge >= 0.3 is 5.97 Å². The highest BCUT2D eigenvalue weighted by Crippen LogP contribution is 2.36. The molecule has 1 aromatic rings. The van der Waals surface area contributed by atoms with Crippen molar-refractivity contribution < 1.29 is 13.9 Å². The molecule has 1 aromatic heterocycles. The summed E-state index contributed by atoms with van der Waals surface area (Å²) >= 11 is 0. The second-order valence-electron chi connectivity index (χ2n) is 6.05. The minimum Gasteiger partial charge on any atom is -0.466 e. The van der Waals surface area contributed by atoms with E-state index in [0.29, 0.717) is 17.6 Å². The Morgan fingerprint density at radius 2 is 1.96 bits per heavy atom. The SMILES string of the molecule is C=CC#C/C(C)=C(C1=CC=C(F)C=CC1)/C(=C(\C)C(=O)OC)c1ccncc1. The summed E-state index contributed by atoms with van der Waals surface area (Å²) in [6, 6.07) is 3.64. The molecule has 0 radical (unpaired) electrons. The fourth-order valence-corrected chi connectivity index (χ4v) is 2.92. The molecule has 0 amide bonds. The lowest BCUT2D eigenvalue weighted by Crippen LogP contribution is -2.08. The Labute approximate surface area is 165 Å². The van der Waals surface area contributed by atoms with Gasteiger partial charge in [0.1, 0.15) is 5.83 Å². The van der Waals surface area contributed by atoms with Crippen molar-refractivity contribution >= 4 is 11.5 Å². The number of carbonyl (C=O) groups is 1. The van der Waals surface area contributed by atoms with Crippen LogP contribution in [0.25, 0.3) is 5.57 Å². The first-order valence-corrected chi connectivity index (χ1v) is 8.76. The number of halogens is 1. The second-order valence-corrected chi connectivity index (χ2v) is 6.05. The van der Waals surface area contributed by atoms with Gasteiger partial charge < -0.3 is 4.74 Å². The number of aromatic nitrogens is 1. The average molecular weight is 375 g/mol. The van der Waals surface area contributed by atoms with Crippen LogP contribution in [0.4, 0.5) is 4.39 Å². The minimum atomic E-state index is -0.444. The van der Waals surface area contributed by atoms with Crippen molar-refractivity contribution in [1.82, 2.24) is 4.98 Å². The van der Waals surface area contributed by atoms with Gasteiger partial charge in [-0.2, -0.15) is 0 Å². The number of allylic oxidation sites excluding steroid dienone is 10. The van der Waals surface area contributed by atoms with Gasteiger partial charge in [0, 0.05) is 29.1 Å². The summed E-state index contributed by atoms with van der Waals surface area (Å²) in [5, 5.41) is 0. The van der Waals surface area contributed by atoms with Crippen molar-refractivity contribution in [3.8, 4) is 11.8 Å². The van der Waals surface area contributed by atoms with Crippen LogP contribution in [0.3, 0.4) is 0 Å². The van der Waals surface area contributed by atoms with Crippen molar-refractivity contribution in [1.29, 1.82) is 0 Å². The van der Waals surface area contributed by atoms with E-state index in [0.717, 1.165) is 22.3 Å². The van der Waals surface area contributed by atoms with E-state index in [-0.39, 0.29) is 5.83 Å². The summed E-state index contributed by atoms with van der Waals surface area (Å²) in [5.74, 6) is 5.13. The quantitative estimate of drug-likeness (QED) is 0.311. The molecule has 0 aromatic carbocycles. The van der Waals surface area contributed by atoms with Gasteiger partial charge in [0.25, 0.3) is 0 Å². The standard InChI is InChI=1S/C24H22FNO2/c1-5-6-8-17(2)22(19-9-7-10-21(25)12-11-19)23(18(3)24(27)28-4)20-13-15-26-16-14-20/h5,7,10-16H,1,9H2,2-4H3/b22-17+,23-18+. The summed E-state index contributed by atoms with van der Waals surface area (Å²) < 4.78 is 18.7. The Balaban J connectivity index is 2.86. The lowest BCUT2D eigenvalue weighted by atomic mass is 9.85. The molecule has 0 spiro atoms. The number of pyridine rings is 1. The molecule has 0 N–H and O–H groups in total. The fourth-order valence-electron chi connectivity index (χ4n) is 2.92. The number of methoxy groups -OCH3 is 1. The first-order chi connectivity index (χ1) is 13.5. The topological polar surface area (TPSA) is 39.2 Å². The summed E-state index contributed by atoms with van der Waals surface area (Å²) in [6.45, 7) is 7.21. The third-order valence-corrected chi connectivity index (χ3v) is 4.20. The largest absolute Gasteiger partial charge is 0.466 e. The monoisotopic (exact) mass is 375 g/mol. The lowest BCUT2D eigenvalue weighted by Gasteiger charge is -2.19. The maximum Gasteiger partial charge on any atom is 0.334 e. The molecule has 4 heteroatoms. The fraction of sp³-hybridized carbons (Fsp3) is 0.167. The number of nitrogens with zero attached hydrogens (tertiary/aromatic N) is 1. The molecule has 0 atom stereocenters. The Bertz CT molecular complexity index is 980. The molecule has 2 rings (SSSR count). The summed E-state index contributed by atoms with van der Waals surface area (Å²) in [6.07, 6.45) is 11.6. The molecular formula is C24H22FNO2. The Morgan fingerprint density at radius 3 is 2.61 bits per heavy atom. The Hall–Kier alpha value is -3.45. The van der Waals surface area contributed by atoms with Crippen molar-refractivity contribution in [2.45, 2.75) is 20.3 Å². The molecule has 0 saturated carbocycles. The van der Waals surface area contributed by atoms with Gasteiger partial charge in [-0.15, -0.1) is 0 Å². The van der Waals surface area contributed by atoms with Crippen LogP contribution in [0, 0.1) is 11.8 Å². The van der Waals surface area contributed by atoms with Crippen LogP contribution in [0.15, 0.2) is 89.6 Å². The van der Waals surface area contributed by atoms with Gasteiger partial charge in [-0.05, 0) is 67.3 Å². The molecule has 1 aliphatic carbocycles. The van der Waals surface area contributed by atoms with E-state index in [2.05, 4.69) is 23.4 Å². The molecule has 142 valence electrons. The molecule has 1 heterocycles. The number of hydrogen-bond acceptors (Lipinski definition) is 3. The summed E-state index contributed by atoms with van der Waals surface area (Å²) in [5.41, 5.74) is 4.26. The van der Waals surface area contributed by atoms with Gasteiger partial charge in [0.05, 0.1) is 7.11 Å². The molecular weight excluding hydrogens is 353 g/mol. The number of rotatable bonds is 4. The summed E-state index contributed by atoms with van der Waals surface area (Å²) in [4.78, 5) is 16.5. The Kier molecular flexibility index (Phi) is 7.47. The minimum absolute atomic E-state index is 0.330. The second kappa shape index (κ2) is 10.0. The van der Waals surface area contributed by atoms with E-state index >= 15 is 0 Å². The molecule has 0 bridgehead atoms. The van der Waals surface area contributed by atoms with Crippen molar-refractivity contribution in [3.05, 3.63) is 95.2 Å². The smallest absolute Gasteiger partial charge is 0.334 e. The van der Waals surface area contributed by atoms with Crippen LogP contribution in [0.2, 0.25) is 0 Å². The zero-order valence-electron chi connectivity index (χ0n) is 16.3. The highest BCUT2D eigenvalue weighted by Gasteiger charge is 2.21. The third-order valence-electron chi connectivity index (χ3n) is 4.20. The van der Waals surface area contributed by atoms with Crippen LogP contribution < -0.4 is 0 Å². The van der Waals surface area contributed by atoms with E-state index in [1.807, 2.05) is 19.1 Å². The van der Waals surface area contributed by atoms with Crippen LogP contribution >= 0.6 is 0 Å². The van der Waals surface area contributed by atoms with Crippen molar-refractivity contribution in [2.24, 2.45) is 0 Å². The number of carbonyl (C=O) groups excluding carboxylic acids is 1. The van der Waals surface area contributed by atoms with E-state index < -0.39 is 5.97 Å². The normalized spacial score (nSPS) is 15.0. The molecule has 0 saturated heterocycles. The van der Waals surface area contributed by atoms with Gasteiger partial charge in [0.2, 0.25) is 0 Å². The predicted octanol–water partition coefficient (Wildman–Crippen LogP) is 5.27. The van der Waals surface area contributed by atoms with Crippen LogP contribution in [-0.4, -0.2) is 18.1 Å². The van der Waals surface area contributed by atoms with Crippen molar-refractivity contribution in [3.63, 3.8) is 0 Å². The first kappa shape index (κ1) is 20.9. The molecule has 28 heavy (non-hydrogen) atoms. The van der Waals surface area contributed by atoms with Crippen LogP contribution in [0.5, 0.6) is 0 Å². The van der Waals surface area contributed by atoms with Crippen molar-refractivity contribution in [2.75, 3.05) is 7.11 Å². The molecule has 3 nitrogen and oxygen atoms in total. The number of esters is 1. The van der Waals surface area contributed by atoms with E-state index in [1.54, 1.807) is 31.5 Å². The number of hydrogen-bond donors (Lipinski definition) is 0. The molecule has 0 unspecified atom stereocenters. The Morgan fingerprint density at radius 1 is 1.25 bits per heavy atom. The number of ether oxygens (including phenoxy) is 1. The zero-order chi connectivity index (χ0) is 20.5. The van der Waals surface area contributed by atoms with Crippen LogP contribution in [-0.2, 0) is 9.53 Å². The van der Waals surface area contributed by atoms with Gasteiger partial charge in [-0.25, -0.2) is 9.18 Å². The third kappa shape index (κ3) is 5.05. The summed E-state index contributed by atoms with van der Waals surface area (Å²) in [7, 11) is 1.34. The average Bonchev–Trinajstić information content (AvgIpc) is 2.93. The maximum absolute atomic E-state index is 13.7.